The van der Waals surface area contributed by atoms with Gasteiger partial charge < -0.3 is 25.3 Å². The molecule has 0 radical (unpaired) electrons. The molecular weight excluding hydrogens is 457 g/mol. The van der Waals surface area contributed by atoms with Crippen LogP contribution in [0.15, 0.2) is 41.4 Å². The average Bonchev–Trinajstić information content (AvgIpc) is 2.65. The third kappa shape index (κ3) is 5.92. The average molecular weight is 485 g/mol. The monoisotopic (exact) mass is 485 g/mol. The van der Waals surface area contributed by atoms with E-state index in [1.165, 1.54) is 5.56 Å². The maximum absolute atomic E-state index is 6.04. The molecule has 7 heteroatoms. The predicted molar refractivity (Wildman–Crippen MR) is 121 cm³/mol. The Balaban J connectivity index is 0.00000364. The summed E-state index contributed by atoms with van der Waals surface area (Å²) in [6, 6.07) is 11.8. The molecule has 0 aromatic heterocycles. The van der Waals surface area contributed by atoms with E-state index in [-0.39, 0.29) is 24.0 Å². The third-order valence-corrected chi connectivity index (χ3v) is 4.03. The Kier molecular flexibility index (Phi) is 9.20. The van der Waals surface area contributed by atoms with Crippen molar-refractivity contribution in [1.29, 1.82) is 0 Å². The van der Waals surface area contributed by atoms with Crippen LogP contribution in [0.1, 0.15) is 30.9 Å². The Morgan fingerprint density at radius 1 is 1.04 bits per heavy atom. The number of ether oxygens (including phenoxy) is 3. The molecule has 27 heavy (non-hydrogen) atoms. The highest BCUT2D eigenvalue weighted by molar-refractivity contribution is 14.0. The highest BCUT2D eigenvalue weighted by atomic mass is 127. The quantitative estimate of drug-likeness (QED) is 0.346. The minimum atomic E-state index is 0. The van der Waals surface area contributed by atoms with Crippen LogP contribution in [0, 0.1) is 0 Å². The van der Waals surface area contributed by atoms with E-state index in [9.17, 15) is 0 Å². The normalized spacial score (nSPS) is 11.0. The lowest BCUT2D eigenvalue weighted by atomic mass is 10.0. The fourth-order valence-electron chi connectivity index (χ4n) is 2.62. The van der Waals surface area contributed by atoms with Crippen molar-refractivity contribution in [3.63, 3.8) is 0 Å². The van der Waals surface area contributed by atoms with E-state index in [4.69, 9.17) is 19.9 Å². The summed E-state index contributed by atoms with van der Waals surface area (Å²) < 4.78 is 16.1. The largest absolute Gasteiger partial charge is 0.493 e. The number of anilines is 1. The van der Waals surface area contributed by atoms with Crippen LogP contribution in [-0.4, -0.2) is 27.3 Å². The van der Waals surface area contributed by atoms with Gasteiger partial charge in [-0.3, -0.25) is 0 Å². The van der Waals surface area contributed by atoms with Crippen LogP contribution in [0.2, 0.25) is 0 Å². The van der Waals surface area contributed by atoms with Crippen molar-refractivity contribution >= 4 is 35.6 Å². The molecule has 0 spiro atoms. The van der Waals surface area contributed by atoms with Gasteiger partial charge >= 0.3 is 0 Å². The minimum absolute atomic E-state index is 0. The molecule has 0 bridgehead atoms. The molecule has 0 aliphatic rings. The highest BCUT2D eigenvalue weighted by Crippen LogP contribution is 2.39. The van der Waals surface area contributed by atoms with Crippen LogP contribution in [0.3, 0.4) is 0 Å². The number of benzene rings is 2. The van der Waals surface area contributed by atoms with Gasteiger partial charge in [0.15, 0.2) is 17.5 Å². The fourth-order valence-corrected chi connectivity index (χ4v) is 2.62. The summed E-state index contributed by atoms with van der Waals surface area (Å²) in [5.74, 6) is 2.52. The lowest BCUT2D eigenvalue weighted by Crippen LogP contribution is -2.22. The molecule has 2 aromatic carbocycles. The Morgan fingerprint density at radius 2 is 1.74 bits per heavy atom. The number of guanidine groups is 1. The van der Waals surface area contributed by atoms with Crippen molar-refractivity contribution in [2.75, 3.05) is 26.6 Å². The zero-order valence-corrected chi connectivity index (χ0v) is 18.7. The van der Waals surface area contributed by atoms with Crippen LogP contribution in [0.4, 0.5) is 5.69 Å². The second kappa shape index (κ2) is 10.9. The van der Waals surface area contributed by atoms with Gasteiger partial charge in [-0.15, -0.1) is 24.0 Å². The van der Waals surface area contributed by atoms with Crippen LogP contribution < -0.4 is 25.3 Å². The number of nitrogens with one attached hydrogen (secondary N) is 1. The Labute approximate surface area is 178 Å². The Bertz CT molecular complexity index is 779. The molecule has 0 aliphatic carbocycles. The van der Waals surface area contributed by atoms with Crippen molar-refractivity contribution in [3.8, 4) is 17.2 Å². The number of hydrogen-bond donors (Lipinski definition) is 2. The molecule has 0 heterocycles. The molecule has 3 N–H and O–H groups in total. The molecule has 0 fully saturated rings. The van der Waals surface area contributed by atoms with Crippen molar-refractivity contribution < 1.29 is 14.2 Å². The summed E-state index contributed by atoms with van der Waals surface area (Å²) in [5, 5.41) is 3.13. The summed E-state index contributed by atoms with van der Waals surface area (Å²) in [6.07, 6.45) is 0. The maximum atomic E-state index is 6.04. The SMILES string of the molecule is COc1ccc(CN=C(N)Nc2cccc(C(C)C)c2)c(OC)c1OC.I. The van der Waals surface area contributed by atoms with Gasteiger partial charge in [0, 0.05) is 11.3 Å². The van der Waals surface area contributed by atoms with Crippen LogP contribution in [0.5, 0.6) is 17.2 Å². The molecule has 0 saturated carbocycles. The topological polar surface area (TPSA) is 78.1 Å². The highest BCUT2D eigenvalue weighted by Gasteiger charge is 2.15. The van der Waals surface area contributed by atoms with Gasteiger partial charge in [-0.2, -0.15) is 0 Å². The van der Waals surface area contributed by atoms with E-state index in [0.717, 1.165) is 11.3 Å². The molecule has 0 aliphatic heterocycles. The van der Waals surface area contributed by atoms with E-state index in [1.54, 1.807) is 21.3 Å². The van der Waals surface area contributed by atoms with Crippen LogP contribution in [0.25, 0.3) is 0 Å². The molecule has 6 nitrogen and oxygen atoms in total. The minimum Gasteiger partial charge on any atom is -0.493 e. The Morgan fingerprint density at radius 3 is 2.33 bits per heavy atom. The number of rotatable bonds is 7. The maximum Gasteiger partial charge on any atom is 0.203 e. The summed E-state index contributed by atoms with van der Waals surface area (Å²) in [4.78, 5) is 4.41. The summed E-state index contributed by atoms with van der Waals surface area (Å²) >= 11 is 0. The van der Waals surface area contributed by atoms with Crippen molar-refractivity contribution in [1.82, 2.24) is 0 Å². The molecule has 0 amide bonds. The fraction of sp³-hybridized carbons (Fsp3) is 0.350. The van der Waals surface area contributed by atoms with Crippen molar-refractivity contribution in [2.45, 2.75) is 26.3 Å². The number of hydrogen-bond acceptors (Lipinski definition) is 4. The summed E-state index contributed by atoms with van der Waals surface area (Å²) in [6.45, 7) is 4.66. The first kappa shape index (κ1) is 22.9. The van der Waals surface area contributed by atoms with Crippen LogP contribution >= 0.6 is 24.0 Å². The van der Waals surface area contributed by atoms with Crippen molar-refractivity contribution in [2.24, 2.45) is 10.7 Å². The van der Waals surface area contributed by atoms with E-state index >= 15 is 0 Å². The smallest absolute Gasteiger partial charge is 0.203 e. The number of nitrogens with zero attached hydrogens (tertiary/aromatic N) is 1. The van der Waals surface area contributed by atoms with Gasteiger partial charge in [-0.25, -0.2) is 4.99 Å². The van der Waals surface area contributed by atoms with Gasteiger partial charge in [-0.05, 0) is 35.7 Å². The molecule has 0 atom stereocenters. The number of nitrogens with two attached hydrogens (primary N) is 1. The Hall–Kier alpha value is -2.16. The first-order valence-corrected chi connectivity index (χ1v) is 8.44. The summed E-state index contributed by atoms with van der Waals surface area (Å²) in [7, 11) is 4.75. The summed E-state index contributed by atoms with van der Waals surface area (Å²) in [5.41, 5.74) is 9.05. The molecule has 148 valence electrons. The molecular formula is C20H28IN3O3. The lowest BCUT2D eigenvalue weighted by Gasteiger charge is -2.15. The zero-order valence-electron chi connectivity index (χ0n) is 16.4. The lowest BCUT2D eigenvalue weighted by molar-refractivity contribution is 0.322. The van der Waals surface area contributed by atoms with Gasteiger partial charge in [0.25, 0.3) is 0 Å². The second-order valence-electron chi connectivity index (χ2n) is 6.10. The first-order chi connectivity index (χ1) is 12.5. The van der Waals surface area contributed by atoms with Gasteiger partial charge in [0.2, 0.25) is 5.75 Å². The molecule has 0 saturated heterocycles. The zero-order chi connectivity index (χ0) is 19.1. The van der Waals surface area contributed by atoms with Gasteiger partial charge in [0.1, 0.15) is 0 Å². The number of methoxy groups -OCH3 is 3. The van der Waals surface area contributed by atoms with E-state index in [0.29, 0.717) is 35.7 Å². The predicted octanol–water partition coefficient (Wildman–Crippen LogP) is 4.38. The van der Waals surface area contributed by atoms with Crippen molar-refractivity contribution in [3.05, 3.63) is 47.5 Å². The first-order valence-electron chi connectivity index (χ1n) is 8.44. The third-order valence-electron chi connectivity index (χ3n) is 4.03. The standard InChI is InChI=1S/C20H27N3O3.HI/c1-13(2)14-7-6-8-16(11-14)23-20(21)22-12-15-9-10-17(24-3)19(26-5)18(15)25-4;/h6-11,13H,12H2,1-5H3,(H3,21,22,23);1H. The number of aliphatic imine (C=N–C) groups is 1. The molecule has 0 unspecified atom stereocenters. The molecule has 2 aromatic rings. The van der Waals surface area contributed by atoms with Crippen LogP contribution in [-0.2, 0) is 6.54 Å². The van der Waals surface area contributed by atoms with Gasteiger partial charge in [0.05, 0.1) is 27.9 Å². The van der Waals surface area contributed by atoms with E-state index < -0.39 is 0 Å². The van der Waals surface area contributed by atoms with E-state index in [2.05, 4.69) is 36.3 Å². The van der Waals surface area contributed by atoms with E-state index in [1.807, 2.05) is 24.3 Å². The molecule has 2 rings (SSSR count). The number of halogens is 1. The van der Waals surface area contributed by atoms with Gasteiger partial charge in [-0.1, -0.05) is 26.0 Å². The second-order valence-corrected chi connectivity index (χ2v) is 6.10.